The Morgan fingerprint density at radius 3 is 2.96 bits per heavy atom. The number of anilines is 1. The van der Waals surface area contributed by atoms with Crippen molar-refractivity contribution in [2.75, 3.05) is 18.5 Å². The molecule has 1 aliphatic rings. The Morgan fingerprint density at radius 2 is 2.04 bits per heavy atom. The molecule has 0 amide bonds. The van der Waals surface area contributed by atoms with Gasteiger partial charge >= 0.3 is 0 Å². The summed E-state index contributed by atoms with van der Waals surface area (Å²) in [5, 5.41) is 8.95. The van der Waals surface area contributed by atoms with Crippen LogP contribution in [0.15, 0.2) is 53.5 Å². The molecule has 6 heteroatoms. The number of aryl methyl sites for hydroxylation is 1. The lowest BCUT2D eigenvalue weighted by Crippen LogP contribution is -2.37. The Balaban J connectivity index is 1.68. The maximum absolute atomic E-state index is 12.2. The molecule has 24 heavy (non-hydrogen) atoms. The van der Waals surface area contributed by atoms with Crippen molar-refractivity contribution in [1.29, 1.82) is 0 Å². The summed E-state index contributed by atoms with van der Waals surface area (Å²) in [6.45, 7) is 2.88. The number of rotatable bonds is 3. The van der Waals surface area contributed by atoms with Crippen LogP contribution in [-0.4, -0.2) is 34.0 Å². The summed E-state index contributed by atoms with van der Waals surface area (Å²) in [7, 11) is 0. The monoisotopic (exact) mass is 322 g/mol. The quantitative estimate of drug-likeness (QED) is 0.800. The Kier molecular flexibility index (Phi) is 3.74. The van der Waals surface area contributed by atoms with E-state index in [0.717, 1.165) is 22.3 Å². The van der Waals surface area contributed by atoms with Crippen LogP contribution in [0.25, 0.3) is 10.9 Å². The van der Waals surface area contributed by atoms with Gasteiger partial charge in [0.15, 0.2) is 0 Å². The number of benzene rings is 1. The van der Waals surface area contributed by atoms with Crippen LogP contribution < -0.4 is 10.9 Å². The molecule has 0 spiro atoms. The van der Waals surface area contributed by atoms with Crippen LogP contribution in [0.5, 0.6) is 0 Å². The second-order valence-electron chi connectivity index (χ2n) is 5.99. The molecular formula is C18H18N4O2. The minimum atomic E-state index is -0.135. The van der Waals surface area contributed by atoms with E-state index in [2.05, 4.69) is 15.4 Å². The summed E-state index contributed by atoms with van der Waals surface area (Å²) in [6.07, 6.45) is 1.78. The van der Waals surface area contributed by atoms with Crippen molar-refractivity contribution >= 4 is 16.6 Å². The highest BCUT2D eigenvalue weighted by Gasteiger charge is 2.31. The maximum atomic E-state index is 12.2. The summed E-state index contributed by atoms with van der Waals surface area (Å²) in [5.74, 6) is 0. The fourth-order valence-electron chi connectivity index (χ4n) is 3.10. The number of nitrogens with one attached hydrogen (secondary N) is 1. The average molecular weight is 322 g/mol. The van der Waals surface area contributed by atoms with Crippen molar-refractivity contribution in [2.24, 2.45) is 0 Å². The molecule has 1 saturated heterocycles. The van der Waals surface area contributed by atoms with Crippen LogP contribution in [0.2, 0.25) is 0 Å². The number of hydrogen-bond donors (Lipinski definition) is 1. The van der Waals surface area contributed by atoms with E-state index >= 15 is 0 Å². The van der Waals surface area contributed by atoms with Crippen molar-refractivity contribution in [1.82, 2.24) is 14.8 Å². The lowest BCUT2D eigenvalue weighted by Gasteiger charge is -2.22. The van der Waals surface area contributed by atoms with E-state index in [4.69, 9.17) is 4.74 Å². The largest absolute Gasteiger partial charge is 0.377 e. The van der Waals surface area contributed by atoms with Gasteiger partial charge in [-0.3, -0.25) is 9.78 Å². The zero-order valence-corrected chi connectivity index (χ0v) is 13.3. The molecule has 2 aromatic heterocycles. The lowest BCUT2D eigenvalue weighted by molar-refractivity contribution is 0.182. The average Bonchev–Trinajstić information content (AvgIpc) is 3.05. The van der Waals surface area contributed by atoms with Gasteiger partial charge in [0.25, 0.3) is 5.56 Å². The lowest BCUT2D eigenvalue weighted by atomic mass is 10.1. The van der Waals surface area contributed by atoms with Gasteiger partial charge in [-0.25, -0.2) is 4.68 Å². The topological polar surface area (TPSA) is 69.0 Å². The summed E-state index contributed by atoms with van der Waals surface area (Å²) in [6, 6.07) is 13.0. The third-order valence-electron chi connectivity index (χ3n) is 4.31. The Hall–Kier alpha value is -2.73. The van der Waals surface area contributed by atoms with E-state index in [9.17, 15) is 4.79 Å². The van der Waals surface area contributed by atoms with E-state index in [-0.39, 0.29) is 17.6 Å². The van der Waals surface area contributed by atoms with Crippen LogP contribution >= 0.6 is 0 Å². The number of pyridine rings is 1. The molecule has 4 rings (SSSR count). The van der Waals surface area contributed by atoms with E-state index in [1.165, 1.54) is 4.68 Å². The first-order valence-corrected chi connectivity index (χ1v) is 7.97. The normalized spacial score (nSPS) is 20.4. The molecule has 6 nitrogen and oxygen atoms in total. The molecule has 2 atom stereocenters. The van der Waals surface area contributed by atoms with E-state index in [0.29, 0.717) is 13.2 Å². The fraction of sp³-hybridized carbons (Fsp3) is 0.278. The van der Waals surface area contributed by atoms with Crippen LogP contribution in [0, 0.1) is 6.92 Å². The van der Waals surface area contributed by atoms with Crippen molar-refractivity contribution < 1.29 is 4.74 Å². The summed E-state index contributed by atoms with van der Waals surface area (Å²) in [5.41, 5.74) is 2.63. The summed E-state index contributed by atoms with van der Waals surface area (Å²) in [4.78, 5) is 16.6. The first-order valence-electron chi connectivity index (χ1n) is 7.97. The van der Waals surface area contributed by atoms with Gasteiger partial charge in [-0.1, -0.05) is 18.2 Å². The molecule has 3 aromatic rings. The highest BCUT2D eigenvalue weighted by Crippen LogP contribution is 2.26. The molecule has 0 radical (unpaired) electrons. The second kappa shape index (κ2) is 6.05. The van der Waals surface area contributed by atoms with Gasteiger partial charge in [-0.2, -0.15) is 5.10 Å². The van der Waals surface area contributed by atoms with Gasteiger partial charge in [-0.15, -0.1) is 0 Å². The predicted octanol–water partition coefficient (Wildman–Crippen LogP) is 2.15. The van der Waals surface area contributed by atoms with E-state index in [1.54, 1.807) is 18.3 Å². The van der Waals surface area contributed by atoms with Gasteiger partial charge in [-0.05, 0) is 25.1 Å². The van der Waals surface area contributed by atoms with Crippen molar-refractivity contribution in [3.63, 3.8) is 0 Å². The van der Waals surface area contributed by atoms with Crippen LogP contribution in [0.4, 0.5) is 5.69 Å². The van der Waals surface area contributed by atoms with Crippen molar-refractivity contribution in [3.05, 3.63) is 64.7 Å². The third-order valence-corrected chi connectivity index (χ3v) is 4.31. The number of aromatic nitrogens is 3. The smallest absolute Gasteiger partial charge is 0.267 e. The number of para-hydroxylation sites is 1. The van der Waals surface area contributed by atoms with Crippen LogP contribution in [0.3, 0.4) is 0 Å². The van der Waals surface area contributed by atoms with Gasteiger partial charge in [0.2, 0.25) is 0 Å². The molecule has 0 aliphatic carbocycles. The van der Waals surface area contributed by atoms with Crippen LogP contribution in [0.1, 0.15) is 11.7 Å². The van der Waals surface area contributed by atoms with E-state index < -0.39 is 0 Å². The predicted molar refractivity (Wildman–Crippen MR) is 92.2 cm³/mol. The number of hydrogen-bond acceptors (Lipinski definition) is 5. The molecule has 3 heterocycles. The maximum Gasteiger partial charge on any atom is 0.267 e. The van der Waals surface area contributed by atoms with Crippen LogP contribution in [-0.2, 0) is 4.74 Å². The fourth-order valence-corrected chi connectivity index (χ4v) is 3.10. The molecule has 2 unspecified atom stereocenters. The first kappa shape index (κ1) is 14.8. The Bertz CT molecular complexity index is 932. The first-order chi connectivity index (χ1) is 11.7. The number of fused-ring (bicyclic) bond motifs is 1. The number of nitrogens with zero attached hydrogens (tertiary/aromatic N) is 3. The van der Waals surface area contributed by atoms with Gasteiger partial charge in [0.1, 0.15) is 6.04 Å². The van der Waals surface area contributed by atoms with Crippen molar-refractivity contribution in [3.8, 4) is 0 Å². The zero-order chi connectivity index (χ0) is 16.5. The number of ether oxygens (including phenoxy) is 1. The van der Waals surface area contributed by atoms with Gasteiger partial charge < -0.3 is 10.1 Å². The molecule has 1 N–H and O–H groups in total. The minimum absolute atomic E-state index is 0.0252. The second-order valence-corrected chi connectivity index (χ2v) is 5.99. The molecule has 0 saturated carbocycles. The van der Waals surface area contributed by atoms with E-state index in [1.807, 2.05) is 37.3 Å². The standard InChI is InChI=1S/C18H18N4O2/c1-12-6-7-18(23)22(21-12)17-11-24-10-16(17)20-15-8-9-19-14-5-3-2-4-13(14)15/h2-9,16-17H,10-11H2,1H3,(H,19,20). The molecule has 1 aliphatic heterocycles. The highest BCUT2D eigenvalue weighted by atomic mass is 16.5. The van der Waals surface area contributed by atoms with Gasteiger partial charge in [0.05, 0.1) is 30.5 Å². The highest BCUT2D eigenvalue weighted by molar-refractivity contribution is 5.91. The van der Waals surface area contributed by atoms with Crippen molar-refractivity contribution in [2.45, 2.75) is 19.0 Å². The molecule has 122 valence electrons. The Morgan fingerprint density at radius 1 is 1.17 bits per heavy atom. The molecule has 1 fully saturated rings. The van der Waals surface area contributed by atoms with Gasteiger partial charge in [0, 0.05) is 23.3 Å². The molecule has 0 bridgehead atoms. The molecular weight excluding hydrogens is 304 g/mol. The third kappa shape index (κ3) is 2.65. The SMILES string of the molecule is Cc1ccc(=O)n(C2COCC2Nc2ccnc3ccccc23)n1. The molecule has 1 aromatic carbocycles. The summed E-state index contributed by atoms with van der Waals surface area (Å²) < 4.78 is 7.16. The summed E-state index contributed by atoms with van der Waals surface area (Å²) >= 11 is 0. The zero-order valence-electron chi connectivity index (χ0n) is 13.3. The minimum Gasteiger partial charge on any atom is -0.377 e. The Labute approximate surface area is 139 Å².